The minimum atomic E-state index is -1.05. The average molecular weight is 831 g/mol. The second-order valence-electron chi connectivity index (χ2n) is 17.1. The zero-order valence-corrected chi connectivity index (χ0v) is 34.7. The molecule has 4 aliphatic rings. The first-order valence-corrected chi connectivity index (χ1v) is 21.1. The number of carbonyl (C=O) groups is 2. The predicted molar refractivity (Wildman–Crippen MR) is 222 cm³/mol. The number of allylic oxidation sites excluding steroid dienone is 1. The summed E-state index contributed by atoms with van der Waals surface area (Å²) in [5.41, 5.74) is 4.72. The minimum Gasteiger partial charge on any atom is -0.371 e. The van der Waals surface area contributed by atoms with Crippen LogP contribution in [0.1, 0.15) is 131 Å². The summed E-state index contributed by atoms with van der Waals surface area (Å²) in [6.45, 7) is 16.9. The number of halogens is 3. The van der Waals surface area contributed by atoms with Gasteiger partial charge in [0.25, 0.3) is 5.56 Å². The largest absolute Gasteiger partial charge is 0.371 e. The molecule has 2 amide bonds. The van der Waals surface area contributed by atoms with Crippen LogP contribution in [-0.4, -0.2) is 59.5 Å². The third kappa shape index (κ3) is 7.46. The highest BCUT2D eigenvalue weighted by Gasteiger charge is 2.43. The summed E-state index contributed by atoms with van der Waals surface area (Å²) in [4.78, 5) is 45.8. The third-order valence-electron chi connectivity index (χ3n) is 13.3. The van der Waals surface area contributed by atoms with Gasteiger partial charge in [-0.05, 0) is 131 Å². The van der Waals surface area contributed by atoms with E-state index in [-0.39, 0.29) is 29.4 Å². The van der Waals surface area contributed by atoms with E-state index in [4.69, 9.17) is 0 Å². The highest BCUT2D eigenvalue weighted by atomic mass is 79.9. The number of carbonyl (C=O) groups excluding carboxylic acids is 2. The maximum Gasteiger partial charge on any atom is 0.281 e. The molecule has 2 saturated heterocycles. The normalized spacial score (nSPS) is 21.9. The number of hydrogen-bond acceptors (Lipinski definition) is 6. The maximum atomic E-state index is 15.4. The van der Waals surface area contributed by atoms with Crippen LogP contribution < -0.4 is 15.8 Å². The van der Waals surface area contributed by atoms with E-state index < -0.39 is 28.9 Å². The van der Waals surface area contributed by atoms with E-state index in [1.807, 2.05) is 26.0 Å². The first-order valence-electron chi connectivity index (χ1n) is 20.3. The Hall–Kier alpha value is -3.96. The zero-order chi connectivity index (χ0) is 39.9. The van der Waals surface area contributed by atoms with Gasteiger partial charge in [-0.3, -0.25) is 24.3 Å². The fourth-order valence-corrected chi connectivity index (χ4v) is 10.6. The van der Waals surface area contributed by atoms with Gasteiger partial charge in [-0.25, -0.2) is 8.78 Å². The van der Waals surface area contributed by atoms with Crippen molar-refractivity contribution in [1.29, 1.82) is 0 Å². The van der Waals surface area contributed by atoms with Gasteiger partial charge in [0.05, 0.1) is 28.3 Å². The van der Waals surface area contributed by atoms with Gasteiger partial charge in [-0.15, -0.1) is 0 Å². The summed E-state index contributed by atoms with van der Waals surface area (Å²) >= 11 is 3.47. The van der Waals surface area contributed by atoms with Crippen molar-refractivity contribution in [1.82, 2.24) is 19.8 Å². The van der Waals surface area contributed by atoms with Crippen LogP contribution in [0.15, 0.2) is 47.8 Å². The van der Waals surface area contributed by atoms with Crippen molar-refractivity contribution in [2.75, 3.05) is 37.6 Å². The molecule has 8 nitrogen and oxygen atoms in total. The van der Waals surface area contributed by atoms with E-state index in [1.54, 1.807) is 0 Å². The van der Waals surface area contributed by atoms with E-state index in [0.717, 1.165) is 82.0 Å². The fourth-order valence-electron chi connectivity index (χ4n) is 10.2. The number of fused-ring (bicyclic) bond motifs is 3. The Kier molecular flexibility index (Phi) is 11.6. The van der Waals surface area contributed by atoms with Gasteiger partial charge in [0, 0.05) is 41.9 Å². The summed E-state index contributed by atoms with van der Waals surface area (Å²) in [5.74, 6) is -1.31. The number of benzene rings is 2. The zero-order valence-electron chi connectivity index (χ0n) is 33.1. The molecule has 0 bridgehead atoms. The molecule has 56 heavy (non-hydrogen) atoms. The monoisotopic (exact) mass is 829 g/mol. The topological polar surface area (TPSA) is 87.5 Å². The van der Waals surface area contributed by atoms with E-state index >= 15 is 8.78 Å². The van der Waals surface area contributed by atoms with Crippen LogP contribution in [0.3, 0.4) is 0 Å². The Morgan fingerprint density at radius 3 is 2.38 bits per heavy atom. The number of hydrogen-bond donors (Lipinski definition) is 1. The number of likely N-dealkylation sites (tertiary alicyclic amines) is 1. The molecule has 0 radical (unpaired) electrons. The lowest BCUT2D eigenvalue weighted by molar-refractivity contribution is -0.126. The molecule has 1 aromatic heterocycles. The molecule has 3 aromatic rings. The van der Waals surface area contributed by atoms with Crippen molar-refractivity contribution in [2.24, 2.45) is 11.3 Å². The Balaban J connectivity index is 0.963. The molecule has 298 valence electrons. The van der Waals surface area contributed by atoms with E-state index in [2.05, 4.69) is 79.2 Å². The van der Waals surface area contributed by atoms with Crippen LogP contribution in [0, 0.1) is 23.0 Å². The lowest BCUT2D eigenvalue weighted by Crippen LogP contribution is -2.42. The number of nitrogens with zero attached hydrogens (tertiary/aromatic N) is 4. The smallest absolute Gasteiger partial charge is 0.281 e. The van der Waals surface area contributed by atoms with Gasteiger partial charge < -0.3 is 9.80 Å². The Morgan fingerprint density at radius 2 is 1.75 bits per heavy atom. The summed E-state index contributed by atoms with van der Waals surface area (Å²) in [6, 6.07) is 9.58. The molecule has 2 aromatic carbocycles. The van der Waals surface area contributed by atoms with E-state index in [9.17, 15) is 14.4 Å². The highest BCUT2D eigenvalue weighted by Crippen LogP contribution is 2.47. The van der Waals surface area contributed by atoms with Gasteiger partial charge in [0.2, 0.25) is 12.3 Å². The number of aromatic nitrogens is 2. The van der Waals surface area contributed by atoms with Crippen LogP contribution in [0.2, 0.25) is 0 Å². The number of amides is 2. The first-order chi connectivity index (χ1) is 26.8. The summed E-state index contributed by atoms with van der Waals surface area (Å²) in [6.07, 6.45) is 12.8. The molecule has 1 atom stereocenters. The molecule has 3 aliphatic heterocycles. The quantitative estimate of drug-likeness (QED) is 0.194. The number of rotatable bonds is 11. The van der Waals surface area contributed by atoms with Crippen molar-refractivity contribution >= 4 is 44.5 Å². The molecule has 3 fully saturated rings. The van der Waals surface area contributed by atoms with Crippen LogP contribution in [0.4, 0.5) is 14.5 Å². The molecule has 4 heterocycles. The molecule has 7 rings (SSSR count). The van der Waals surface area contributed by atoms with Gasteiger partial charge in [0.1, 0.15) is 17.5 Å². The predicted octanol–water partition coefficient (Wildman–Crippen LogP) is 8.97. The van der Waals surface area contributed by atoms with Gasteiger partial charge in [0.15, 0.2) is 0 Å². The SMILES string of the molecule is C=C(Br)c1c(/C=C\C)n2c(nc1=O)C(C)(C)c1ccc(C3CCC(CN4CCC5(CCN(c6cc(F)c(C(CCC)C(=O)NC=O)c(F)c6)CC5)C4)CC3)cc1-2. The van der Waals surface area contributed by atoms with Crippen LogP contribution in [0.5, 0.6) is 0 Å². The summed E-state index contributed by atoms with van der Waals surface area (Å²) in [5, 5.41) is 2.07. The Labute approximate surface area is 337 Å². The van der Waals surface area contributed by atoms with Crippen LogP contribution in [0.25, 0.3) is 16.2 Å². The standard InChI is InChI=1S/C45H54BrF2N5O3/c1-6-8-33(41(55)49-27-54)40-35(47)23-32(24-36(40)48)52-20-17-45(18-21-52)16-19-51(26-45)25-29-10-12-30(13-11-29)31-14-15-34-38(22-31)53-37(9-7-2)39(28(3)46)42(56)50-43(53)44(34,4)5/h7,9,14-15,22-24,27,29-30,33H,3,6,8,10-13,16-21,25-26H2,1-2,4-5H3,(H,49,54,55)/b9-7-. The number of imide groups is 1. The lowest BCUT2D eigenvalue weighted by atomic mass is 9.77. The van der Waals surface area contributed by atoms with Crippen molar-refractivity contribution in [2.45, 2.75) is 103 Å². The fraction of sp³-hybridized carbons (Fsp3) is 0.511. The Bertz CT molecular complexity index is 2090. The van der Waals surface area contributed by atoms with Crippen molar-refractivity contribution in [3.05, 3.63) is 98.7 Å². The summed E-state index contributed by atoms with van der Waals surface area (Å²) in [7, 11) is 0. The second-order valence-corrected chi connectivity index (χ2v) is 18.1. The lowest BCUT2D eigenvalue weighted by Gasteiger charge is -2.41. The van der Waals surface area contributed by atoms with Gasteiger partial charge in [-0.1, -0.05) is 54.1 Å². The molecule has 1 N–H and O–H groups in total. The maximum absolute atomic E-state index is 15.4. The molecular weight excluding hydrogens is 776 g/mol. The summed E-state index contributed by atoms with van der Waals surface area (Å²) < 4.78 is 33.5. The molecule has 1 spiro atoms. The van der Waals surface area contributed by atoms with Gasteiger partial charge in [-0.2, -0.15) is 4.98 Å². The second kappa shape index (κ2) is 16.1. The van der Waals surface area contributed by atoms with E-state index in [1.165, 1.54) is 36.1 Å². The van der Waals surface area contributed by atoms with Gasteiger partial charge >= 0.3 is 0 Å². The molecule has 11 heteroatoms. The van der Waals surface area contributed by atoms with E-state index in [0.29, 0.717) is 34.0 Å². The average Bonchev–Trinajstić information content (AvgIpc) is 3.65. The van der Waals surface area contributed by atoms with Crippen molar-refractivity contribution < 1.29 is 18.4 Å². The number of anilines is 1. The van der Waals surface area contributed by atoms with Crippen LogP contribution in [-0.2, 0) is 15.0 Å². The minimum absolute atomic E-state index is 0.227. The number of piperidine rings is 1. The molecule has 1 aliphatic carbocycles. The molecule has 1 unspecified atom stereocenters. The van der Waals surface area contributed by atoms with Crippen molar-refractivity contribution in [3.8, 4) is 5.69 Å². The highest BCUT2D eigenvalue weighted by molar-refractivity contribution is 9.15. The Morgan fingerprint density at radius 1 is 1.07 bits per heavy atom. The first kappa shape index (κ1) is 40.2. The molecular formula is C45H54BrF2N5O3. The van der Waals surface area contributed by atoms with Crippen LogP contribution >= 0.6 is 15.9 Å². The van der Waals surface area contributed by atoms with Crippen molar-refractivity contribution in [3.63, 3.8) is 0 Å². The molecule has 1 saturated carbocycles. The number of nitrogens with one attached hydrogen (secondary N) is 1. The third-order valence-corrected chi connectivity index (χ3v) is 13.7.